The third kappa shape index (κ3) is 6.05. The molecule has 0 radical (unpaired) electrons. The topological polar surface area (TPSA) is 112 Å². The summed E-state index contributed by atoms with van der Waals surface area (Å²) < 4.78 is 8.82. The number of benzene rings is 1. The fourth-order valence-electron chi connectivity index (χ4n) is 4.59. The average molecular weight is 559 g/mol. The van der Waals surface area contributed by atoms with E-state index in [4.69, 9.17) is 0 Å². The average Bonchev–Trinajstić information content (AvgIpc) is 3.64. The molecular formula is C26H30N4O4S3. The third-order valence-corrected chi connectivity index (χ3v) is 8.98. The predicted octanol–water partition coefficient (Wildman–Crippen LogP) is 9.21. The SMILES string of the molecule is CCCCCCc1csc(-c2c([N+](=O)[O-])c([N+](=O)[O-])c(-c3cc(CCCCCC)cs3)c3nsnc23)c1. The number of rotatable bonds is 14. The smallest absolute Gasteiger partial charge is 0.258 e. The van der Waals surface area contributed by atoms with Crippen LogP contribution in [0.15, 0.2) is 22.9 Å². The van der Waals surface area contributed by atoms with E-state index in [1.165, 1.54) is 35.5 Å². The monoisotopic (exact) mass is 558 g/mol. The van der Waals surface area contributed by atoms with Gasteiger partial charge >= 0.3 is 11.4 Å². The van der Waals surface area contributed by atoms with E-state index < -0.39 is 21.2 Å². The van der Waals surface area contributed by atoms with Gasteiger partial charge < -0.3 is 0 Å². The van der Waals surface area contributed by atoms with E-state index in [1.807, 2.05) is 22.9 Å². The van der Waals surface area contributed by atoms with Crippen molar-refractivity contribution in [3.8, 4) is 20.9 Å². The standard InChI is InChI=1S/C26H30N4O4S3/c1-3-5-7-9-11-17-13-19(35-15-17)21-23-24(28-37-27-23)22(26(30(33)34)25(21)29(31)32)20-14-18(16-36-20)12-10-8-6-4-2/h13-16H,3-12H2,1-2H3. The van der Waals surface area contributed by atoms with E-state index in [0.29, 0.717) is 20.8 Å². The lowest BCUT2D eigenvalue weighted by molar-refractivity contribution is -0.421. The van der Waals surface area contributed by atoms with Crippen molar-refractivity contribution in [3.05, 3.63) is 54.2 Å². The Kier molecular flexibility index (Phi) is 9.33. The molecule has 0 aliphatic rings. The van der Waals surface area contributed by atoms with Crippen LogP contribution in [0.25, 0.3) is 31.9 Å². The maximum Gasteiger partial charge on any atom is 0.357 e. The molecule has 8 nitrogen and oxygen atoms in total. The first-order chi connectivity index (χ1) is 18.0. The molecule has 0 atom stereocenters. The Morgan fingerprint density at radius 2 is 1.14 bits per heavy atom. The van der Waals surface area contributed by atoms with Gasteiger partial charge in [0.25, 0.3) is 0 Å². The van der Waals surface area contributed by atoms with Crippen LogP contribution in [0, 0.1) is 20.2 Å². The highest BCUT2D eigenvalue weighted by Crippen LogP contribution is 2.51. The van der Waals surface area contributed by atoms with Gasteiger partial charge in [0, 0.05) is 9.75 Å². The fourth-order valence-corrected chi connectivity index (χ4v) is 7.14. The van der Waals surface area contributed by atoms with Gasteiger partial charge in [-0.3, -0.25) is 20.2 Å². The Balaban J connectivity index is 1.81. The van der Waals surface area contributed by atoms with Crippen LogP contribution in [0.3, 0.4) is 0 Å². The lowest BCUT2D eigenvalue weighted by Gasteiger charge is -2.07. The molecule has 3 aromatic heterocycles. The molecule has 196 valence electrons. The van der Waals surface area contributed by atoms with Gasteiger partial charge in [0.15, 0.2) is 0 Å². The minimum absolute atomic E-state index is 0.199. The van der Waals surface area contributed by atoms with Crippen LogP contribution in [0.5, 0.6) is 0 Å². The number of aromatic nitrogens is 2. The van der Waals surface area contributed by atoms with E-state index in [0.717, 1.165) is 74.2 Å². The van der Waals surface area contributed by atoms with Gasteiger partial charge in [-0.05, 0) is 59.7 Å². The summed E-state index contributed by atoms with van der Waals surface area (Å²) in [6, 6.07) is 3.83. The van der Waals surface area contributed by atoms with Crippen molar-refractivity contribution in [3.63, 3.8) is 0 Å². The van der Waals surface area contributed by atoms with Gasteiger partial charge in [-0.1, -0.05) is 52.4 Å². The summed E-state index contributed by atoms with van der Waals surface area (Å²) in [5, 5.41) is 28.8. The van der Waals surface area contributed by atoms with Gasteiger partial charge in [0.05, 0.1) is 21.6 Å². The van der Waals surface area contributed by atoms with Gasteiger partial charge in [0.2, 0.25) is 0 Å². The van der Waals surface area contributed by atoms with E-state index in [2.05, 4.69) is 22.6 Å². The number of unbranched alkanes of at least 4 members (excludes halogenated alkanes) is 6. The lowest BCUT2D eigenvalue weighted by atomic mass is 9.99. The minimum atomic E-state index is -0.629. The molecule has 37 heavy (non-hydrogen) atoms. The molecule has 0 aliphatic heterocycles. The fraction of sp³-hybridized carbons (Fsp3) is 0.462. The van der Waals surface area contributed by atoms with E-state index >= 15 is 0 Å². The van der Waals surface area contributed by atoms with Crippen LogP contribution < -0.4 is 0 Å². The van der Waals surface area contributed by atoms with Crippen LogP contribution in [-0.2, 0) is 12.8 Å². The first-order valence-corrected chi connectivity index (χ1v) is 15.2. The second-order valence-corrected chi connectivity index (χ2v) is 11.5. The summed E-state index contributed by atoms with van der Waals surface area (Å²) >= 11 is 3.66. The van der Waals surface area contributed by atoms with Crippen molar-refractivity contribution >= 4 is 56.8 Å². The summed E-state index contributed by atoms with van der Waals surface area (Å²) in [4.78, 5) is 24.8. The highest BCUT2D eigenvalue weighted by Gasteiger charge is 2.39. The summed E-state index contributed by atoms with van der Waals surface area (Å²) in [6.45, 7) is 4.33. The number of aryl methyl sites for hydroxylation is 2. The molecule has 0 saturated heterocycles. The molecule has 1 aromatic carbocycles. The Morgan fingerprint density at radius 3 is 1.51 bits per heavy atom. The maximum atomic E-state index is 12.4. The molecule has 0 unspecified atom stereocenters. The van der Waals surface area contributed by atoms with Crippen molar-refractivity contribution in [2.75, 3.05) is 0 Å². The number of nitro benzene ring substituents is 2. The molecule has 4 rings (SSSR count). The summed E-state index contributed by atoms with van der Waals surface area (Å²) in [6.07, 6.45) is 10.7. The number of fused-ring (bicyclic) bond motifs is 1. The van der Waals surface area contributed by atoms with Crippen LogP contribution in [0.2, 0.25) is 0 Å². The maximum absolute atomic E-state index is 12.4. The normalized spacial score (nSPS) is 11.4. The Bertz CT molecular complexity index is 1290. The van der Waals surface area contributed by atoms with Crippen LogP contribution in [0.4, 0.5) is 11.4 Å². The highest BCUT2D eigenvalue weighted by atomic mass is 32.1. The molecule has 11 heteroatoms. The zero-order valence-electron chi connectivity index (χ0n) is 21.0. The summed E-state index contributed by atoms with van der Waals surface area (Å²) in [5.74, 6) is 0. The van der Waals surface area contributed by atoms with E-state index in [9.17, 15) is 20.2 Å². The number of nitrogens with zero attached hydrogens (tertiary/aromatic N) is 4. The van der Waals surface area contributed by atoms with Gasteiger partial charge in [0.1, 0.15) is 22.2 Å². The van der Waals surface area contributed by atoms with Gasteiger partial charge in [-0.2, -0.15) is 8.75 Å². The number of hydrogen-bond donors (Lipinski definition) is 0. The molecule has 0 N–H and O–H groups in total. The Hall–Kier alpha value is -2.76. The quantitative estimate of drug-likeness (QED) is 0.0866. The van der Waals surface area contributed by atoms with Crippen molar-refractivity contribution in [1.82, 2.24) is 8.75 Å². The van der Waals surface area contributed by atoms with Crippen molar-refractivity contribution < 1.29 is 9.85 Å². The second kappa shape index (κ2) is 12.7. The minimum Gasteiger partial charge on any atom is -0.258 e. The number of thiophene rings is 2. The molecule has 4 aromatic rings. The van der Waals surface area contributed by atoms with Gasteiger partial charge in [-0.15, -0.1) is 22.7 Å². The molecule has 0 saturated carbocycles. The molecule has 0 aliphatic carbocycles. The number of nitro groups is 2. The van der Waals surface area contributed by atoms with Crippen LogP contribution in [0.1, 0.15) is 76.3 Å². The largest absolute Gasteiger partial charge is 0.357 e. The Morgan fingerprint density at radius 1 is 0.703 bits per heavy atom. The van der Waals surface area contributed by atoms with Crippen LogP contribution in [-0.4, -0.2) is 18.6 Å². The first-order valence-electron chi connectivity index (χ1n) is 12.7. The van der Waals surface area contributed by atoms with Gasteiger partial charge in [-0.25, -0.2) is 0 Å². The molecule has 0 fully saturated rings. The molecular weight excluding hydrogens is 529 g/mol. The molecule has 0 bridgehead atoms. The molecule has 0 amide bonds. The first kappa shape index (κ1) is 27.3. The van der Waals surface area contributed by atoms with E-state index in [-0.39, 0.29) is 11.1 Å². The predicted molar refractivity (Wildman–Crippen MR) is 153 cm³/mol. The third-order valence-electron chi connectivity index (χ3n) is 6.46. The summed E-state index contributed by atoms with van der Waals surface area (Å²) in [5.41, 5.74) is 2.27. The van der Waals surface area contributed by atoms with Crippen molar-refractivity contribution in [2.24, 2.45) is 0 Å². The lowest BCUT2D eigenvalue weighted by Crippen LogP contribution is -2.02. The highest BCUT2D eigenvalue weighted by molar-refractivity contribution is 7.14. The molecule has 3 heterocycles. The summed E-state index contributed by atoms with van der Waals surface area (Å²) in [7, 11) is 0. The van der Waals surface area contributed by atoms with Crippen molar-refractivity contribution in [2.45, 2.75) is 78.1 Å². The molecule has 0 spiro atoms. The second-order valence-electron chi connectivity index (χ2n) is 9.18. The zero-order valence-corrected chi connectivity index (χ0v) is 23.5. The zero-order chi connectivity index (χ0) is 26.4. The Labute approximate surface area is 228 Å². The number of hydrogen-bond acceptors (Lipinski definition) is 9. The van der Waals surface area contributed by atoms with Crippen molar-refractivity contribution in [1.29, 1.82) is 0 Å². The van der Waals surface area contributed by atoms with Crippen LogP contribution >= 0.6 is 34.4 Å². The van der Waals surface area contributed by atoms with E-state index in [1.54, 1.807) is 0 Å².